The second kappa shape index (κ2) is 11.5. The van der Waals surface area contributed by atoms with Crippen molar-refractivity contribution < 1.29 is 0 Å². The quantitative estimate of drug-likeness (QED) is 0.406. The Kier molecular flexibility index (Phi) is 9.21. The highest BCUT2D eigenvalue weighted by Crippen LogP contribution is 2.16. The second-order valence-electron chi connectivity index (χ2n) is 6.54. The molecule has 0 unspecified atom stereocenters. The highest BCUT2D eigenvalue weighted by molar-refractivity contribution is 7.11. The third kappa shape index (κ3) is 7.22. The minimum absolute atomic E-state index is 0.860. The Morgan fingerprint density at radius 3 is 2.58 bits per heavy atom. The molecule has 1 aromatic rings. The van der Waals surface area contributed by atoms with Crippen molar-refractivity contribution in [2.24, 2.45) is 4.99 Å². The molecule has 0 saturated carbocycles. The number of piperidine rings is 1. The maximum Gasteiger partial charge on any atom is 0.191 e. The van der Waals surface area contributed by atoms with E-state index < -0.39 is 0 Å². The molecule has 1 aliphatic heterocycles. The van der Waals surface area contributed by atoms with E-state index >= 15 is 0 Å². The van der Waals surface area contributed by atoms with Crippen LogP contribution < -0.4 is 10.6 Å². The van der Waals surface area contributed by atoms with Crippen LogP contribution in [0.1, 0.15) is 55.2 Å². The lowest BCUT2D eigenvalue weighted by atomic mass is 10.1. The van der Waals surface area contributed by atoms with Gasteiger partial charge in [0.25, 0.3) is 0 Å². The molecule has 0 aliphatic carbocycles. The Morgan fingerprint density at radius 2 is 1.88 bits per heavy atom. The van der Waals surface area contributed by atoms with Gasteiger partial charge in [0.05, 0.1) is 6.54 Å². The van der Waals surface area contributed by atoms with Crippen molar-refractivity contribution in [1.82, 2.24) is 15.5 Å². The van der Waals surface area contributed by atoms with Crippen molar-refractivity contribution >= 4 is 17.3 Å². The molecule has 5 heteroatoms. The molecule has 1 aliphatic rings. The van der Waals surface area contributed by atoms with Crippen molar-refractivity contribution in [1.29, 1.82) is 0 Å². The minimum Gasteiger partial charge on any atom is -0.356 e. The van der Waals surface area contributed by atoms with E-state index in [1.165, 1.54) is 67.9 Å². The first kappa shape index (κ1) is 19.3. The smallest absolute Gasteiger partial charge is 0.191 e. The van der Waals surface area contributed by atoms with Gasteiger partial charge in [-0.1, -0.05) is 19.8 Å². The first-order chi connectivity index (χ1) is 11.8. The Bertz CT molecular complexity index is 477. The second-order valence-corrected chi connectivity index (χ2v) is 7.79. The maximum atomic E-state index is 4.31. The van der Waals surface area contributed by atoms with Crippen LogP contribution in [0.4, 0.5) is 0 Å². The number of rotatable bonds is 9. The van der Waals surface area contributed by atoms with Gasteiger partial charge in [-0.25, -0.2) is 0 Å². The molecule has 24 heavy (non-hydrogen) atoms. The van der Waals surface area contributed by atoms with Gasteiger partial charge in [-0.05, 0) is 63.9 Å². The van der Waals surface area contributed by atoms with Crippen molar-refractivity contribution in [3.8, 4) is 0 Å². The summed E-state index contributed by atoms with van der Waals surface area (Å²) in [4.78, 5) is 9.76. The molecule has 2 rings (SSSR count). The summed E-state index contributed by atoms with van der Waals surface area (Å²) in [5.41, 5.74) is 0. The third-order valence-electron chi connectivity index (χ3n) is 4.61. The molecule has 0 bridgehead atoms. The zero-order chi connectivity index (χ0) is 17.0. The fourth-order valence-electron chi connectivity index (χ4n) is 3.13. The summed E-state index contributed by atoms with van der Waals surface area (Å²) in [6.45, 7) is 7.98. The first-order valence-corrected chi connectivity index (χ1v) is 10.4. The molecule has 0 spiro atoms. The SMILES string of the molecule is CCc1ccc(CNC(=NC)NCCCCCN2CCCCC2)s1. The molecule has 1 saturated heterocycles. The molecule has 0 aromatic carbocycles. The monoisotopic (exact) mass is 350 g/mol. The summed E-state index contributed by atoms with van der Waals surface area (Å²) >= 11 is 1.88. The van der Waals surface area contributed by atoms with E-state index in [9.17, 15) is 0 Å². The summed E-state index contributed by atoms with van der Waals surface area (Å²) in [5, 5.41) is 6.84. The van der Waals surface area contributed by atoms with Crippen LogP contribution in [0.25, 0.3) is 0 Å². The highest BCUT2D eigenvalue weighted by atomic mass is 32.1. The Morgan fingerprint density at radius 1 is 1.08 bits per heavy atom. The number of hydrogen-bond acceptors (Lipinski definition) is 3. The Hall–Kier alpha value is -1.07. The largest absolute Gasteiger partial charge is 0.356 e. The van der Waals surface area contributed by atoms with Crippen LogP contribution in [0.3, 0.4) is 0 Å². The average molecular weight is 351 g/mol. The number of nitrogens with zero attached hydrogens (tertiary/aromatic N) is 2. The molecule has 2 N–H and O–H groups in total. The minimum atomic E-state index is 0.860. The Labute approximate surface area is 151 Å². The van der Waals surface area contributed by atoms with Crippen LogP contribution >= 0.6 is 11.3 Å². The van der Waals surface area contributed by atoms with Crippen LogP contribution in [-0.2, 0) is 13.0 Å². The fourth-order valence-corrected chi connectivity index (χ4v) is 4.02. The first-order valence-electron chi connectivity index (χ1n) is 9.56. The van der Waals surface area contributed by atoms with Gasteiger partial charge in [0, 0.05) is 23.3 Å². The van der Waals surface area contributed by atoms with Crippen molar-refractivity contribution in [3.05, 3.63) is 21.9 Å². The number of guanidine groups is 1. The third-order valence-corrected chi connectivity index (χ3v) is 5.84. The zero-order valence-corrected chi connectivity index (χ0v) is 16.3. The highest BCUT2D eigenvalue weighted by Gasteiger charge is 2.08. The number of thiophene rings is 1. The fraction of sp³-hybridized carbons (Fsp3) is 0.737. The number of hydrogen-bond donors (Lipinski definition) is 2. The van der Waals surface area contributed by atoms with Crippen LogP contribution in [0.2, 0.25) is 0 Å². The zero-order valence-electron chi connectivity index (χ0n) is 15.4. The van der Waals surface area contributed by atoms with E-state index in [0.29, 0.717) is 0 Å². The summed E-state index contributed by atoms with van der Waals surface area (Å²) in [6.07, 6.45) is 9.18. The van der Waals surface area contributed by atoms with Gasteiger partial charge in [0.1, 0.15) is 0 Å². The number of unbranched alkanes of at least 4 members (excludes halogenated alkanes) is 2. The summed E-state index contributed by atoms with van der Waals surface area (Å²) in [6, 6.07) is 4.44. The lowest BCUT2D eigenvalue weighted by Gasteiger charge is -2.26. The van der Waals surface area contributed by atoms with E-state index in [1.54, 1.807) is 0 Å². The summed E-state index contributed by atoms with van der Waals surface area (Å²) in [5.74, 6) is 0.914. The molecule has 0 radical (unpaired) electrons. The molecule has 2 heterocycles. The van der Waals surface area contributed by atoms with Gasteiger partial charge in [-0.15, -0.1) is 11.3 Å². The molecular weight excluding hydrogens is 316 g/mol. The van der Waals surface area contributed by atoms with Gasteiger partial charge >= 0.3 is 0 Å². The van der Waals surface area contributed by atoms with E-state index in [0.717, 1.165) is 25.5 Å². The van der Waals surface area contributed by atoms with Gasteiger partial charge in [-0.3, -0.25) is 4.99 Å². The van der Waals surface area contributed by atoms with Crippen LogP contribution in [-0.4, -0.2) is 44.1 Å². The average Bonchev–Trinajstić information content (AvgIpc) is 3.09. The van der Waals surface area contributed by atoms with Crippen LogP contribution in [0.15, 0.2) is 17.1 Å². The normalized spacial score (nSPS) is 16.3. The van der Waals surface area contributed by atoms with Gasteiger partial charge in [0.15, 0.2) is 5.96 Å². The lowest BCUT2D eigenvalue weighted by molar-refractivity contribution is 0.224. The topological polar surface area (TPSA) is 39.7 Å². The van der Waals surface area contributed by atoms with E-state index in [1.807, 2.05) is 18.4 Å². The van der Waals surface area contributed by atoms with Crippen molar-refractivity contribution in [3.63, 3.8) is 0 Å². The van der Waals surface area contributed by atoms with Crippen molar-refractivity contribution in [2.75, 3.05) is 33.2 Å². The number of aryl methyl sites for hydroxylation is 1. The molecule has 1 aromatic heterocycles. The number of aliphatic imine (C=N–C) groups is 1. The predicted molar refractivity (Wildman–Crippen MR) is 106 cm³/mol. The van der Waals surface area contributed by atoms with Crippen LogP contribution in [0, 0.1) is 0 Å². The van der Waals surface area contributed by atoms with Gasteiger partial charge < -0.3 is 15.5 Å². The molecule has 0 atom stereocenters. The van der Waals surface area contributed by atoms with Crippen LogP contribution in [0.5, 0.6) is 0 Å². The van der Waals surface area contributed by atoms with Gasteiger partial charge in [0.2, 0.25) is 0 Å². The maximum absolute atomic E-state index is 4.31. The van der Waals surface area contributed by atoms with E-state index in [2.05, 4.69) is 39.6 Å². The number of nitrogens with one attached hydrogen (secondary N) is 2. The Balaban J connectivity index is 1.51. The predicted octanol–water partition coefficient (Wildman–Crippen LogP) is 3.63. The molecule has 4 nitrogen and oxygen atoms in total. The molecule has 0 amide bonds. The molecule has 1 fully saturated rings. The summed E-state index contributed by atoms with van der Waals surface area (Å²) in [7, 11) is 1.84. The lowest BCUT2D eigenvalue weighted by Crippen LogP contribution is -2.37. The molecular formula is C19H34N4S. The standard InChI is InChI=1S/C19H34N4S/c1-3-17-10-11-18(24-17)16-22-19(20-2)21-12-6-4-7-13-23-14-8-5-9-15-23/h10-11H,3-9,12-16H2,1-2H3,(H2,20,21,22). The van der Waals surface area contributed by atoms with E-state index in [4.69, 9.17) is 0 Å². The van der Waals surface area contributed by atoms with Gasteiger partial charge in [-0.2, -0.15) is 0 Å². The molecule has 136 valence electrons. The summed E-state index contributed by atoms with van der Waals surface area (Å²) < 4.78 is 0. The van der Waals surface area contributed by atoms with Crippen molar-refractivity contribution in [2.45, 2.75) is 58.4 Å². The number of likely N-dealkylation sites (tertiary alicyclic amines) is 1. The van der Waals surface area contributed by atoms with E-state index in [-0.39, 0.29) is 0 Å².